The molecule has 1 saturated heterocycles. The Morgan fingerprint density at radius 3 is 2.56 bits per heavy atom. The molecule has 1 fully saturated rings. The number of fused-ring (bicyclic) bond motifs is 1. The Labute approximate surface area is 111 Å². The molecule has 0 saturated carbocycles. The summed E-state index contributed by atoms with van der Waals surface area (Å²) in [6.45, 7) is 9.73. The smallest absolute Gasteiger partial charge is 0.0207 e. The van der Waals surface area contributed by atoms with Crippen LogP contribution in [0.5, 0.6) is 0 Å². The minimum Gasteiger partial charge on any atom is -0.299 e. The van der Waals surface area contributed by atoms with Gasteiger partial charge in [0.1, 0.15) is 0 Å². The van der Waals surface area contributed by atoms with Crippen LogP contribution in [0.4, 0.5) is 0 Å². The van der Waals surface area contributed by atoms with Crippen molar-refractivity contribution in [3.05, 3.63) is 34.9 Å². The average molecular weight is 243 g/mol. The maximum Gasteiger partial charge on any atom is 0.0207 e. The zero-order valence-electron chi connectivity index (χ0n) is 11.9. The lowest BCUT2D eigenvalue weighted by molar-refractivity contribution is 0.197. The van der Waals surface area contributed by atoms with E-state index in [-0.39, 0.29) is 0 Å². The van der Waals surface area contributed by atoms with Crippen LogP contribution in [0.1, 0.15) is 49.3 Å². The van der Waals surface area contributed by atoms with Gasteiger partial charge in [-0.05, 0) is 61.9 Å². The molecule has 0 unspecified atom stereocenters. The Morgan fingerprint density at radius 1 is 1.17 bits per heavy atom. The molecule has 0 spiro atoms. The molecule has 3 rings (SSSR count). The third kappa shape index (κ3) is 1.89. The van der Waals surface area contributed by atoms with Crippen LogP contribution in [0.25, 0.3) is 0 Å². The molecule has 0 radical (unpaired) electrons. The SMILES string of the molecule is Cc1cccc2c1[C@@H](C(C)C)[C@H](N1CCCC1)C2. The van der Waals surface area contributed by atoms with Crippen molar-refractivity contribution in [1.29, 1.82) is 0 Å². The van der Waals surface area contributed by atoms with E-state index in [1.807, 2.05) is 0 Å². The van der Waals surface area contributed by atoms with Gasteiger partial charge in [0.15, 0.2) is 0 Å². The molecule has 1 heterocycles. The van der Waals surface area contributed by atoms with Gasteiger partial charge in [0.05, 0.1) is 0 Å². The maximum atomic E-state index is 2.75. The van der Waals surface area contributed by atoms with Crippen molar-refractivity contribution in [2.75, 3.05) is 13.1 Å². The predicted octanol–water partition coefficient (Wildman–Crippen LogP) is 3.76. The molecule has 1 aliphatic heterocycles. The number of hydrogen-bond donors (Lipinski definition) is 0. The molecule has 1 aromatic carbocycles. The molecule has 98 valence electrons. The highest BCUT2D eigenvalue weighted by Gasteiger charge is 2.39. The summed E-state index contributed by atoms with van der Waals surface area (Å²) in [5, 5.41) is 0. The van der Waals surface area contributed by atoms with Crippen LogP contribution in [-0.4, -0.2) is 24.0 Å². The van der Waals surface area contributed by atoms with E-state index in [0.717, 1.165) is 17.9 Å². The van der Waals surface area contributed by atoms with Crippen molar-refractivity contribution in [3.63, 3.8) is 0 Å². The second-order valence-electron chi connectivity index (χ2n) is 6.43. The van der Waals surface area contributed by atoms with Gasteiger partial charge in [-0.1, -0.05) is 32.0 Å². The van der Waals surface area contributed by atoms with Crippen LogP contribution in [-0.2, 0) is 6.42 Å². The van der Waals surface area contributed by atoms with Crippen LogP contribution < -0.4 is 0 Å². The Balaban J connectivity index is 1.97. The summed E-state index contributed by atoms with van der Waals surface area (Å²) in [6, 6.07) is 7.65. The van der Waals surface area contributed by atoms with Crippen molar-refractivity contribution in [1.82, 2.24) is 4.90 Å². The van der Waals surface area contributed by atoms with Crippen molar-refractivity contribution >= 4 is 0 Å². The zero-order valence-corrected chi connectivity index (χ0v) is 11.9. The van der Waals surface area contributed by atoms with Gasteiger partial charge in [-0.15, -0.1) is 0 Å². The predicted molar refractivity (Wildman–Crippen MR) is 77.1 cm³/mol. The van der Waals surface area contributed by atoms with Gasteiger partial charge < -0.3 is 0 Å². The van der Waals surface area contributed by atoms with Gasteiger partial charge in [0.25, 0.3) is 0 Å². The quantitative estimate of drug-likeness (QED) is 0.764. The highest BCUT2D eigenvalue weighted by molar-refractivity contribution is 5.43. The summed E-state index contributed by atoms with van der Waals surface area (Å²) < 4.78 is 0. The summed E-state index contributed by atoms with van der Waals surface area (Å²) >= 11 is 0. The molecule has 0 aromatic heterocycles. The molecule has 0 amide bonds. The third-order valence-corrected chi connectivity index (χ3v) is 4.92. The number of rotatable bonds is 2. The Morgan fingerprint density at radius 2 is 1.89 bits per heavy atom. The molecule has 1 aromatic rings. The molecule has 1 nitrogen and oxygen atoms in total. The topological polar surface area (TPSA) is 3.24 Å². The van der Waals surface area contributed by atoms with E-state index >= 15 is 0 Å². The van der Waals surface area contributed by atoms with Gasteiger partial charge in [0.2, 0.25) is 0 Å². The molecule has 1 heteroatoms. The highest BCUT2D eigenvalue weighted by atomic mass is 15.2. The maximum absolute atomic E-state index is 2.75. The van der Waals surface area contributed by atoms with Crippen molar-refractivity contribution in [3.8, 4) is 0 Å². The summed E-state index contributed by atoms with van der Waals surface area (Å²) in [4.78, 5) is 2.75. The fourth-order valence-electron chi connectivity index (χ4n) is 4.15. The average Bonchev–Trinajstić information content (AvgIpc) is 2.95. The first kappa shape index (κ1) is 12.2. The van der Waals surface area contributed by atoms with Gasteiger partial charge in [0, 0.05) is 12.0 Å². The van der Waals surface area contributed by atoms with Crippen LogP contribution >= 0.6 is 0 Å². The Bertz CT molecular complexity index is 429. The minimum atomic E-state index is 0.748. The van der Waals surface area contributed by atoms with E-state index < -0.39 is 0 Å². The van der Waals surface area contributed by atoms with E-state index in [4.69, 9.17) is 0 Å². The molecule has 18 heavy (non-hydrogen) atoms. The molecule has 1 aliphatic carbocycles. The lowest BCUT2D eigenvalue weighted by Crippen LogP contribution is -2.37. The highest BCUT2D eigenvalue weighted by Crippen LogP contribution is 2.43. The molecular formula is C17H25N. The van der Waals surface area contributed by atoms with E-state index in [1.165, 1.54) is 37.9 Å². The normalized spacial score (nSPS) is 28.0. The molecular weight excluding hydrogens is 218 g/mol. The third-order valence-electron chi connectivity index (χ3n) is 4.92. The summed E-state index contributed by atoms with van der Waals surface area (Å²) in [5.41, 5.74) is 4.79. The summed E-state index contributed by atoms with van der Waals surface area (Å²) in [5.74, 6) is 1.50. The minimum absolute atomic E-state index is 0.748. The summed E-state index contributed by atoms with van der Waals surface area (Å²) in [6.07, 6.45) is 4.08. The summed E-state index contributed by atoms with van der Waals surface area (Å²) in [7, 11) is 0. The van der Waals surface area contributed by atoms with E-state index in [2.05, 4.69) is 43.9 Å². The molecule has 2 aliphatic rings. The van der Waals surface area contributed by atoms with Crippen molar-refractivity contribution in [2.45, 2.75) is 52.0 Å². The standard InChI is InChI=1S/C17H25N/c1-12(2)16-15(18-9-4-5-10-18)11-14-8-6-7-13(3)17(14)16/h6-8,12,15-16H,4-5,9-11H2,1-3H3/t15-,16+/m1/s1. The van der Waals surface area contributed by atoms with Crippen molar-refractivity contribution < 1.29 is 0 Å². The van der Waals surface area contributed by atoms with E-state index in [0.29, 0.717) is 0 Å². The van der Waals surface area contributed by atoms with Gasteiger partial charge in [-0.3, -0.25) is 4.90 Å². The Kier molecular flexibility index (Phi) is 3.19. The number of benzene rings is 1. The number of hydrogen-bond acceptors (Lipinski definition) is 1. The first-order valence-corrected chi connectivity index (χ1v) is 7.51. The zero-order chi connectivity index (χ0) is 12.7. The second-order valence-corrected chi connectivity index (χ2v) is 6.43. The molecule has 2 atom stereocenters. The van der Waals surface area contributed by atoms with E-state index in [9.17, 15) is 0 Å². The molecule has 0 N–H and O–H groups in total. The van der Waals surface area contributed by atoms with Gasteiger partial charge in [-0.2, -0.15) is 0 Å². The fraction of sp³-hybridized carbons (Fsp3) is 0.647. The second kappa shape index (κ2) is 4.70. The first-order chi connectivity index (χ1) is 8.68. The van der Waals surface area contributed by atoms with Crippen LogP contribution in [0.2, 0.25) is 0 Å². The largest absolute Gasteiger partial charge is 0.299 e. The molecule has 0 bridgehead atoms. The van der Waals surface area contributed by atoms with Crippen LogP contribution in [0.3, 0.4) is 0 Å². The van der Waals surface area contributed by atoms with Crippen LogP contribution in [0, 0.1) is 12.8 Å². The Hall–Kier alpha value is -0.820. The fourth-order valence-corrected chi connectivity index (χ4v) is 4.15. The monoisotopic (exact) mass is 243 g/mol. The van der Waals surface area contributed by atoms with Crippen molar-refractivity contribution in [2.24, 2.45) is 5.92 Å². The van der Waals surface area contributed by atoms with Crippen LogP contribution in [0.15, 0.2) is 18.2 Å². The number of aryl methyl sites for hydroxylation is 1. The first-order valence-electron chi connectivity index (χ1n) is 7.51. The van der Waals surface area contributed by atoms with Gasteiger partial charge >= 0.3 is 0 Å². The lowest BCUT2D eigenvalue weighted by atomic mass is 9.84. The van der Waals surface area contributed by atoms with Gasteiger partial charge in [-0.25, -0.2) is 0 Å². The number of nitrogens with zero attached hydrogens (tertiary/aromatic N) is 1. The number of likely N-dealkylation sites (tertiary alicyclic amines) is 1. The van der Waals surface area contributed by atoms with E-state index in [1.54, 1.807) is 11.1 Å². The lowest BCUT2D eigenvalue weighted by Gasteiger charge is -2.32.